The van der Waals surface area contributed by atoms with Crippen LogP contribution in [0.4, 0.5) is 11.4 Å². The SMILES string of the molecule is C=CCNCC(=O)N1CC(=O)N(Cc2cccc(N)c2N(N)CC=O)CC1NCc1ccccc1.CN=O.Cc1ccc(O)cc1.NC=O. The van der Waals surface area contributed by atoms with Crippen LogP contribution in [0.15, 0.2) is 90.6 Å². The van der Waals surface area contributed by atoms with Crippen LogP contribution in [0.5, 0.6) is 5.75 Å². The van der Waals surface area contributed by atoms with Gasteiger partial charge in [0.15, 0.2) is 0 Å². The van der Waals surface area contributed by atoms with E-state index in [0.717, 1.165) is 11.1 Å². The van der Waals surface area contributed by atoms with Gasteiger partial charge in [0.2, 0.25) is 18.2 Å². The number of primary amides is 1. The quantitative estimate of drug-likeness (QED) is 0.0305. The van der Waals surface area contributed by atoms with Crippen molar-refractivity contribution in [3.63, 3.8) is 0 Å². The van der Waals surface area contributed by atoms with Crippen molar-refractivity contribution < 1.29 is 24.3 Å². The highest BCUT2D eigenvalue weighted by Gasteiger charge is 2.35. The molecular weight excluding hydrogens is 630 g/mol. The highest BCUT2D eigenvalue weighted by Crippen LogP contribution is 2.28. The molecule has 49 heavy (non-hydrogen) atoms. The molecule has 1 saturated heterocycles. The third kappa shape index (κ3) is 15.2. The molecule has 264 valence electrons. The van der Waals surface area contributed by atoms with Crippen molar-refractivity contribution in [1.82, 2.24) is 20.4 Å². The molecule has 0 bridgehead atoms. The number of nitroso groups, excluding NO2 is 1. The van der Waals surface area contributed by atoms with Crippen molar-refractivity contribution >= 4 is 35.9 Å². The number of benzene rings is 3. The molecule has 1 fully saturated rings. The Morgan fingerprint density at radius 1 is 1.10 bits per heavy atom. The smallest absolute Gasteiger partial charge is 0.242 e. The Balaban J connectivity index is 0.000000717. The van der Waals surface area contributed by atoms with Crippen LogP contribution in [0, 0.1) is 11.8 Å². The number of nitrogens with two attached hydrogens (primary N) is 3. The lowest BCUT2D eigenvalue weighted by Crippen LogP contribution is -2.63. The molecule has 0 radical (unpaired) electrons. The van der Waals surface area contributed by atoms with E-state index in [9.17, 15) is 14.4 Å². The number of nitrogen functional groups attached to an aromatic ring is 1. The number of amides is 3. The van der Waals surface area contributed by atoms with Crippen LogP contribution in [-0.4, -0.2) is 85.4 Å². The number of hydrogen-bond acceptors (Lipinski definition) is 12. The van der Waals surface area contributed by atoms with Crippen LogP contribution >= 0.6 is 0 Å². The minimum Gasteiger partial charge on any atom is -0.508 e. The number of hydrogen-bond donors (Lipinski definition) is 6. The van der Waals surface area contributed by atoms with Crippen LogP contribution in [0.1, 0.15) is 16.7 Å². The molecule has 3 amide bonds. The first-order chi connectivity index (χ1) is 23.6. The molecule has 4 rings (SSSR count). The zero-order valence-corrected chi connectivity index (χ0v) is 27.9. The summed E-state index contributed by atoms with van der Waals surface area (Å²) in [5.74, 6) is 6.01. The maximum Gasteiger partial charge on any atom is 0.242 e. The summed E-state index contributed by atoms with van der Waals surface area (Å²) in [7, 11) is 1.19. The second kappa shape index (κ2) is 23.6. The van der Waals surface area contributed by atoms with E-state index < -0.39 is 0 Å². The first-order valence-electron chi connectivity index (χ1n) is 15.2. The predicted molar refractivity (Wildman–Crippen MR) is 191 cm³/mol. The minimum absolute atomic E-state index is 0.0313. The van der Waals surface area contributed by atoms with Gasteiger partial charge in [-0.3, -0.25) is 19.7 Å². The fourth-order valence-electron chi connectivity index (χ4n) is 4.58. The number of phenols is 1. The summed E-state index contributed by atoms with van der Waals surface area (Å²) in [5, 5.41) is 18.7. The molecule has 3 aromatic rings. The van der Waals surface area contributed by atoms with Crippen LogP contribution in [0.2, 0.25) is 0 Å². The summed E-state index contributed by atoms with van der Waals surface area (Å²) >= 11 is 0. The second-order valence-electron chi connectivity index (χ2n) is 10.4. The molecule has 15 nitrogen and oxygen atoms in total. The normalized spacial score (nSPS) is 13.2. The molecule has 1 aliphatic heterocycles. The van der Waals surface area contributed by atoms with Gasteiger partial charge in [0.05, 0.1) is 38.1 Å². The zero-order chi connectivity index (χ0) is 36.6. The van der Waals surface area contributed by atoms with E-state index in [2.05, 4.69) is 28.1 Å². The van der Waals surface area contributed by atoms with Crippen LogP contribution in [-0.2, 0) is 32.3 Å². The topological polar surface area (TPSA) is 230 Å². The Hall–Kier alpha value is -5.64. The maximum atomic E-state index is 13.1. The lowest BCUT2D eigenvalue weighted by Gasteiger charge is -2.42. The van der Waals surface area contributed by atoms with Crippen LogP contribution in [0.3, 0.4) is 0 Å². The number of para-hydroxylation sites is 1. The van der Waals surface area contributed by atoms with Crippen LogP contribution < -0.4 is 33.0 Å². The number of carbonyl (C=O) groups is 4. The van der Waals surface area contributed by atoms with Crippen molar-refractivity contribution in [2.24, 2.45) is 16.8 Å². The molecule has 1 atom stereocenters. The number of hydrazine groups is 1. The largest absolute Gasteiger partial charge is 0.508 e. The van der Waals surface area contributed by atoms with Gasteiger partial charge in [-0.2, -0.15) is 4.91 Å². The third-order valence-corrected chi connectivity index (χ3v) is 6.80. The lowest BCUT2D eigenvalue weighted by atomic mass is 10.1. The zero-order valence-electron chi connectivity index (χ0n) is 27.9. The number of aromatic hydroxyl groups is 1. The van der Waals surface area contributed by atoms with E-state index >= 15 is 0 Å². The molecule has 15 heteroatoms. The number of phenolic OH excluding ortho intramolecular Hbond substituents is 1. The molecule has 1 unspecified atom stereocenters. The first-order valence-corrected chi connectivity index (χ1v) is 15.2. The predicted octanol–water partition coefficient (Wildman–Crippen LogP) is 1.39. The lowest BCUT2D eigenvalue weighted by molar-refractivity contribution is -0.150. The number of nitrogens with one attached hydrogen (secondary N) is 2. The summed E-state index contributed by atoms with van der Waals surface area (Å²) in [6.07, 6.45) is 2.23. The third-order valence-electron chi connectivity index (χ3n) is 6.80. The number of aldehydes is 1. The molecule has 0 aromatic heterocycles. The van der Waals surface area contributed by atoms with Crippen LogP contribution in [0.25, 0.3) is 0 Å². The summed E-state index contributed by atoms with van der Waals surface area (Å²) < 4.78 is 0. The number of rotatable bonds is 12. The van der Waals surface area contributed by atoms with Crippen molar-refractivity contribution in [3.8, 4) is 5.75 Å². The van der Waals surface area contributed by atoms with Crippen molar-refractivity contribution in [2.45, 2.75) is 26.2 Å². The number of anilines is 2. The van der Waals surface area contributed by atoms with Gasteiger partial charge in [0, 0.05) is 19.6 Å². The van der Waals surface area contributed by atoms with E-state index in [0.29, 0.717) is 36.5 Å². The number of aryl methyl sites for hydroxylation is 1. The van der Waals surface area contributed by atoms with E-state index in [1.54, 1.807) is 40.1 Å². The Morgan fingerprint density at radius 3 is 2.31 bits per heavy atom. The molecule has 3 aromatic carbocycles. The van der Waals surface area contributed by atoms with Gasteiger partial charge < -0.3 is 41.5 Å². The highest BCUT2D eigenvalue weighted by atomic mass is 16.3. The molecule has 1 heterocycles. The Bertz CT molecular complexity index is 1430. The number of carbonyl (C=O) groups excluding carboxylic acids is 4. The summed E-state index contributed by atoms with van der Waals surface area (Å²) in [6.45, 7) is 7.21. The Kier molecular flexibility index (Phi) is 20.0. The fraction of sp³-hybridized carbons (Fsp3) is 0.294. The molecule has 9 N–H and O–H groups in total. The highest BCUT2D eigenvalue weighted by molar-refractivity contribution is 5.87. The summed E-state index contributed by atoms with van der Waals surface area (Å²) in [6, 6.07) is 22.2. The molecule has 0 spiro atoms. The van der Waals surface area contributed by atoms with Crippen molar-refractivity contribution in [3.05, 3.63) is 107 Å². The maximum absolute atomic E-state index is 13.1. The monoisotopic (exact) mass is 677 g/mol. The number of piperazine rings is 1. The molecule has 0 aliphatic carbocycles. The second-order valence-corrected chi connectivity index (χ2v) is 10.4. The van der Waals surface area contributed by atoms with Crippen molar-refractivity contribution in [1.29, 1.82) is 0 Å². The first kappa shape index (κ1) is 41.4. The van der Waals surface area contributed by atoms with E-state index in [4.69, 9.17) is 26.4 Å². The Morgan fingerprint density at radius 2 is 1.73 bits per heavy atom. The average molecular weight is 678 g/mol. The van der Waals surface area contributed by atoms with E-state index in [1.807, 2.05) is 55.5 Å². The molecular formula is C34H47N9O6. The Labute approximate surface area is 286 Å². The van der Waals surface area contributed by atoms with Gasteiger partial charge in [0.1, 0.15) is 24.7 Å². The average Bonchev–Trinajstić information content (AvgIpc) is 3.08. The van der Waals surface area contributed by atoms with Gasteiger partial charge in [-0.05, 0) is 36.2 Å². The van der Waals surface area contributed by atoms with Gasteiger partial charge in [-0.15, -0.1) is 6.58 Å². The van der Waals surface area contributed by atoms with Gasteiger partial charge >= 0.3 is 0 Å². The van der Waals surface area contributed by atoms with Gasteiger partial charge in [-0.25, -0.2) is 5.84 Å². The van der Waals surface area contributed by atoms with Gasteiger partial charge in [0.25, 0.3) is 0 Å². The summed E-state index contributed by atoms with van der Waals surface area (Å²) in [5.41, 5.74) is 14.2. The van der Waals surface area contributed by atoms with Crippen molar-refractivity contribution in [2.75, 3.05) is 50.5 Å². The molecule has 0 saturated carbocycles. The minimum atomic E-state index is -0.389. The molecule has 1 aliphatic rings. The van der Waals surface area contributed by atoms with E-state index in [-0.39, 0.29) is 57.1 Å². The number of nitrogens with zero attached hydrogens (tertiary/aromatic N) is 4. The standard InChI is InChI=1S/C25H33N7O3.C7H8O.2CH3NO/c1-2-11-28-15-23(34)31-18-24(35)30(17-22(31)29-14-19-7-4-3-5-8-19)16-20-9-6-10-21(26)25(20)32(27)12-13-33;1-6-2-4-7(8)5-3-6;1-2-3;2-1-3/h2-10,13,22,28-29H,1,11-12,14-18,26-27H2;2-5,8H,1H3;1H3;1H,(H2,2,3). The van der Waals surface area contributed by atoms with E-state index in [1.165, 1.54) is 17.6 Å². The summed E-state index contributed by atoms with van der Waals surface area (Å²) in [4.78, 5) is 57.4. The van der Waals surface area contributed by atoms with Gasteiger partial charge in [-0.1, -0.05) is 71.4 Å². The fourth-order valence-corrected chi connectivity index (χ4v) is 4.58.